The number of nitro benzene ring substituents is 1. The smallest absolute Gasteiger partial charge is 0.273 e. The summed E-state index contributed by atoms with van der Waals surface area (Å²) in [4.78, 5) is 9.82. The fraction of sp³-hybridized carbons (Fsp3) is 0.250. The Morgan fingerprint density at radius 3 is 2.00 bits per heavy atom. The zero-order valence-corrected chi connectivity index (χ0v) is 9.90. The second-order valence-electron chi connectivity index (χ2n) is 2.69. The van der Waals surface area contributed by atoms with Crippen molar-refractivity contribution in [3.05, 3.63) is 39.9 Å². The monoisotopic (exact) mass is 267 g/mol. The molecular formula is C8H10ClNO5S. The maximum atomic E-state index is 10.2. The molecule has 0 unspecified atom stereocenters. The van der Waals surface area contributed by atoms with Crippen molar-refractivity contribution in [2.45, 2.75) is 13.3 Å². The normalized spacial score (nSPS) is 10.2. The summed E-state index contributed by atoms with van der Waals surface area (Å²) in [6, 6.07) is 6.61. The molecule has 0 bridgehead atoms. The summed E-state index contributed by atoms with van der Waals surface area (Å²) in [5, 5.41) is 10.2. The first-order valence-corrected chi connectivity index (χ1v) is 6.41. The first-order chi connectivity index (χ1) is 7.24. The Labute approximate surface area is 97.3 Å². The highest BCUT2D eigenvalue weighted by atomic mass is 35.7. The van der Waals surface area contributed by atoms with E-state index in [2.05, 4.69) is 10.7 Å². The number of hydrogen-bond donors (Lipinski definition) is 1. The lowest BCUT2D eigenvalue weighted by molar-refractivity contribution is -0.384. The van der Waals surface area contributed by atoms with E-state index in [9.17, 15) is 10.1 Å². The van der Waals surface area contributed by atoms with Gasteiger partial charge in [0.25, 0.3) is 5.69 Å². The van der Waals surface area contributed by atoms with Crippen LogP contribution >= 0.6 is 10.7 Å². The van der Waals surface area contributed by atoms with Gasteiger partial charge in [0.15, 0.2) is 0 Å². The first kappa shape index (κ1) is 14.8. The molecule has 0 aliphatic carbocycles. The Kier molecular flexibility index (Phi) is 5.94. The molecule has 0 amide bonds. The highest BCUT2D eigenvalue weighted by Gasteiger charge is 2.01. The van der Waals surface area contributed by atoms with Gasteiger partial charge in [0.1, 0.15) is 0 Å². The molecule has 90 valence electrons. The zero-order valence-electron chi connectivity index (χ0n) is 8.33. The molecule has 0 saturated carbocycles. The number of nitro groups is 1. The quantitative estimate of drug-likeness (QED) is 0.383. The van der Waals surface area contributed by atoms with Gasteiger partial charge < -0.3 is 0 Å². The Morgan fingerprint density at radius 2 is 1.75 bits per heavy atom. The van der Waals surface area contributed by atoms with Crippen LogP contribution in [0.3, 0.4) is 0 Å². The highest BCUT2D eigenvalue weighted by molar-refractivity contribution is 8.09. The van der Waals surface area contributed by atoms with Crippen molar-refractivity contribution < 1.29 is 17.9 Å². The lowest BCUT2D eigenvalue weighted by atomic mass is 10.2. The Balaban J connectivity index is 0.000000385. The van der Waals surface area contributed by atoms with Crippen LogP contribution < -0.4 is 0 Å². The summed E-state index contributed by atoms with van der Waals surface area (Å²) >= 11 is 0. The molecule has 1 aromatic carbocycles. The van der Waals surface area contributed by atoms with Gasteiger partial charge in [0, 0.05) is 22.8 Å². The fourth-order valence-corrected chi connectivity index (χ4v) is 0.853. The van der Waals surface area contributed by atoms with E-state index in [1.165, 1.54) is 12.1 Å². The summed E-state index contributed by atoms with van der Waals surface area (Å²) in [7, 11) is -0.137. The molecule has 0 fully saturated rings. The highest BCUT2D eigenvalue weighted by Crippen LogP contribution is 2.11. The van der Waals surface area contributed by atoms with E-state index in [0.29, 0.717) is 0 Å². The standard InChI is InChI=1S/C8H9NO2.ClHO3S/c1-2-7-3-5-8(6-4-7)9(10)11;1-5(2,3)4/h3-6H,2H2,1H3;(H,2,3,4). The van der Waals surface area contributed by atoms with Crippen molar-refractivity contribution in [1.82, 2.24) is 0 Å². The molecule has 0 spiro atoms. The molecule has 8 heteroatoms. The van der Waals surface area contributed by atoms with Crippen LogP contribution in [0.4, 0.5) is 5.69 Å². The van der Waals surface area contributed by atoms with Crippen LogP contribution in [0.25, 0.3) is 0 Å². The number of hydrogen-bond acceptors (Lipinski definition) is 4. The van der Waals surface area contributed by atoms with Crippen molar-refractivity contribution in [2.24, 2.45) is 0 Å². The van der Waals surface area contributed by atoms with Crippen LogP contribution in [-0.2, 0) is 15.8 Å². The number of rotatable bonds is 2. The second-order valence-corrected chi connectivity index (χ2v) is 4.68. The first-order valence-electron chi connectivity index (χ1n) is 4.14. The molecule has 0 aliphatic rings. The molecule has 0 aliphatic heterocycles. The van der Waals surface area contributed by atoms with Gasteiger partial charge in [-0.3, -0.25) is 14.7 Å². The van der Waals surface area contributed by atoms with Crippen molar-refractivity contribution in [2.75, 3.05) is 0 Å². The molecule has 0 radical (unpaired) electrons. The van der Waals surface area contributed by atoms with E-state index < -0.39 is 9.33 Å². The topological polar surface area (TPSA) is 97.5 Å². The molecule has 0 atom stereocenters. The van der Waals surface area contributed by atoms with E-state index in [4.69, 9.17) is 13.0 Å². The van der Waals surface area contributed by atoms with E-state index in [1.807, 2.05) is 6.92 Å². The minimum absolute atomic E-state index is 0.155. The van der Waals surface area contributed by atoms with Crippen molar-refractivity contribution in [1.29, 1.82) is 0 Å². The van der Waals surface area contributed by atoms with Crippen LogP contribution in [0.2, 0.25) is 0 Å². The number of halogens is 1. The largest absolute Gasteiger partial charge is 0.353 e. The Hall–Kier alpha value is -1.18. The zero-order chi connectivity index (χ0) is 12.8. The molecule has 0 aromatic heterocycles. The molecule has 6 nitrogen and oxygen atoms in total. The second kappa shape index (κ2) is 6.41. The molecular weight excluding hydrogens is 258 g/mol. The summed E-state index contributed by atoms with van der Waals surface area (Å²) in [5.41, 5.74) is 1.28. The number of non-ortho nitro benzene ring substituents is 1. The van der Waals surface area contributed by atoms with Gasteiger partial charge in [0.05, 0.1) is 4.92 Å². The summed E-state index contributed by atoms with van der Waals surface area (Å²) in [5.74, 6) is 0. The van der Waals surface area contributed by atoms with Crippen LogP contribution in [0.1, 0.15) is 12.5 Å². The predicted molar refractivity (Wildman–Crippen MR) is 59.9 cm³/mol. The summed E-state index contributed by atoms with van der Waals surface area (Å²) in [6.07, 6.45) is 0.915. The third kappa shape index (κ3) is 8.16. The lowest BCUT2D eigenvalue weighted by Gasteiger charge is -1.93. The average Bonchev–Trinajstić information content (AvgIpc) is 2.15. The van der Waals surface area contributed by atoms with Crippen molar-refractivity contribution in [3.63, 3.8) is 0 Å². The van der Waals surface area contributed by atoms with E-state index in [1.54, 1.807) is 12.1 Å². The van der Waals surface area contributed by atoms with Gasteiger partial charge in [-0.15, -0.1) is 0 Å². The van der Waals surface area contributed by atoms with Gasteiger partial charge in [-0.1, -0.05) is 19.1 Å². The average molecular weight is 268 g/mol. The molecule has 1 N–H and O–H groups in total. The van der Waals surface area contributed by atoms with Gasteiger partial charge in [-0.05, 0) is 12.0 Å². The minimum Gasteiger partial charge on any atom is -0.273 e. The van der Waals surface area contributed by atoms with E-state index in [0.717, 1.165) is 12.0 Å². The maximum Gasteiger partial charge on any atom is 0.353 e. The molecule has 0 heterocycles. The molecule has 0 saturated heterocycles. The van der Waals surface area contributed by atoms with Crippen LogP contribution in [-0.4, -0.2) is 17.9 Å². The molecule has 1 aromatic rings. The van der Waals surface area contributed by atoms with E-state index >= 15 is 0 Å². The van der Waals surface area contributed by atoms with Crippen LogP contribution in [0.5, 0.6) is 0 Å². The Bertz CT molecular complexity index is 434. The predicted octanol–water partition coefficient (Wildman–Crippen LogP) is 2.19. The van der Waals surface area contributed by atoms with Crippen molar-refractivity contribution in [3.8, 4) is 0 Å². The molecule has 16 heavy (non-hydrogen) atoms. The molecule has 1 rings (SSSR count). The van der Waals surface area contributed by atoms with Crippen LogP contribution in [0.15, 0.2) is 24.3 Å². The maximum absolute atomic E-state index is 10.2. The summed E-state index contributed by atoms with van der Waals surface area (Å²) in [6.45, 7) is 2.02. The number of aryl methyl sites for hydroxylation is 1. The fourth-order valence-electron chi connectivity index (χ4n) is 0.853. The third-order valence-corrected chi connectivity index (χ3v) is 1.56. The number of benzene rings is 1. The number of nitrogens with zero attached hydrogens (tertiary/aromatic N) is 1. The summed E-state index contributed by atoms with van der Waals surface area (Å²) < 4.78 is 25.2. The third-order valence-electron chi connectivity index (χ3n) is 1.56. The van der Waals surface area contributed by atoms with Gasteiger partial charge in [-0.25, -0.2) is 0 Å². The van der Waals surface area contributed by atoms with Crippen molar-refractivity contribution >= 4 is 25.7 Å². The van der Waals surface area contributed by atoms with Gasteiger partial charge in [-0.2, -0.15) is 8.42 Å². The van der Waals surface area contributed by atoms with Gasteiger partial charge in [0.2, 0.25) is 0 Å². The Morgan fingerprint density at radius 1 is 1.38 bits per heavy atom. The SMILES string of the molecule is CCc1ccc([N+](=O)[O-])cc1.O=S(=O)(O)Cl. The minimum atomic E-state index is -4.19. The van der Waals surface area contributed by atoms with Crippen LogP contribution in [0, 0.1) is 10.1 Å². The van der Waals surface area contributed by atoms with E-state index in [-0.39, 0.29) is 10.6 Å². The lowest BCUT2D eigenvalue weighted by Crippen LogP contribution is -1.87. The van der Waals surface area contributed by atoms with Gasteiger partial charge >= 0.3 is 9.33 Å².